The highest BCUT2D eigenvalue weighted by Gasteiger charge is 2.15. The normalized spacial score (nSPS) is 11.5. The molecular formula is C43H63N7. The van der Waals surface area contributed by atoms with Gasteiger partial charge in [-0.3, -0.25) is 15.0 Å². The molecule has 5 aromatic rings. The SMILES string of the molecule is CC(C)(C)c1ccccn1.CC(C)(C)c1ccccn1.CC(C)(C)c1ccncc1.CC(C)(C)c1ccncn1.CC(C)(C)c1cncnc1. The molecule has 5 aromatic heterocycles. The smallest absolute Gasteiger partial charge is 0.115 e. The zero-order chi connectivity index (χ0) is 38.1. The lowest BCUT2D eigenvalue weighted by Crippen LogP contribution is -2.12. The van der Waals surface area contributed by atoms with Gasteiger partial charge in [0.05, 0.1) is 0 Å². The zero-order valence-electron chi connectivity index (χ0n) is 33.5. The molecule has 0 unspecified atom stereocenters. The molecule has 7 heteroatoms. The molecule has 0 spiro atoms. The minimum absolute atomic E-state index is 0.142. The van der Waals surface area contributed by atoms with Gasteiger partial charge in [-0.2, -0.15) is 0 Å². The van der Waals surface area contributed by atoms with Crippen LogP contribution in [0.1, 0.15) is 132 Å². The molecule has 0 saturated heterocycles. The van der Waals surface area contributed by atoms with Gasteiger partial charge in [-0.05, 0) is 64.4 Å². The predicted octanol–water partition coefficient (Wildman–Crippen LogP) is 10.7. The van der Waals surface area contributed by atoms with Gasteiger partial charge in [-0.15, -0.1) is 0 Å². The maximum atomic E-state index is 4.25. The lowest BCUT2D eigenvalue weighted by atomic mass is 9.88. The maximum absolute atomic E-state index is 4.25. The number of rotatable bonds is 0. The first-order chi connectivity index (χ1) is 23.0. The van der Waals surface area contributed by atoms with Crippen LogP contribution in [0.3, 0.4) is 0 Å². The van der Waals surface area contributed by atoms with Crippen LogP contribution in [0.4, 0.5) is 0 Å². The van der Waals surface area contributed by atoms with Crippen LogP contribution in [0, 0.1) is 0 Å². The van der Waals surface area contributed by atoms with E-state index in [4.69, 9.17) is 0 Å². The van der Waals surface area contributed by atoms with E-state index in [9.17, 15) is 0 Å². The highest BCUT2D eigenvalue weighted by atomic mass is 14.8. The molecule has 0 fully saturated rings. The van der Waals surface area contributed by atoms with Crippen molar-refractivity contribution < 1.29 is 0 Å². The second-order valence-corrected chi connectivity index (χ2v) is 17.1. The van der Waals surface area contributed by atoms with Gasteiger partial charge in [0.25, 0.3) is 0 Å². The maximum Gasteiger partial charge on any atom is 0.115 e. The van der Waals surface area contributed by atoms with E-state index >= 15 is 0 Å². The zero-order valence-corrected chi connectivity index (χ0v) is 33.5. The highest BCUT2D eigenvalue weighted by molar-refractivity contribution is 5.19. The summed E-state index contributed by atoms with van der Waals surface area (Å²) in [6.07, 6.45) is 16.0. The first kappa shape index (κ1) is 43.6. The minimum Gasteiger partial charge on any atom is -0.265 e. The number of hydrogen-bond donors (Lipinski definition) is 0. The summed E-state index contributed by atoms with van der Waals surface area (Å²) in [6.45, 7) is 32.4. The summed E-state index contributed by atoms with van der Waals surface area (Å²) in [4.78, 5) is 28.3. The Morgan fingerprint density at radius 1 is 0.320 bits per heavy atom. The second kappa shape index (κ2) is 19.7. The third-order valence-corrected chi connectivity index (χ3v) is 7.19. The summed E-state index contributed by atoms with van der Waals surface area (Å²) in [5, 5.41) is 0. The van der Waals surface area contributed by atoms with Crippen LogP contribution in [0.15, 0.2) is 111 Å². The molecule has 0 aliphatic heterocycles. The molecule has 0 aliphatic carbocycles. The summed E-state index contributed by atoms with van der Waals surface area (Å²) >= 11 is 0. The number of pyridine rings is 3. The Hall–Kier alpha value is -4.39. The topological polar surface area (TPSA) is 90.2 Å². The predicted molar refractivity (Wildman–Crippen MR) is 210 cm³/mol. The van der Waals surface area contributed by atoms with Crippen molar-refractivity contribution in [3.05, 3.63) is 139 Å². The Labute approximate surface area is 304 Å². The number of aromatic nitrogens is 7. The quantitative estimate of drug-likeness (QED) is 0.161. The van der Waals surface area contributed by atoms with Crippen LogP contribution < -0.4 is 0 Å². The van der Waals surface area contributed by atoms with Crippen molar-refractivity contribution in [2.45, 2.75) is 131 Å². The fourth-order valence-corrected chi connectivity index (χ4v) is 3.89. The molecule has 0 aromatic carbocycles. The lowest BCUT2D eigenvalue weighted by molar-refractivity contribution is 0.567. The third kappa shape index (κ3) is 18.4. The molecule has 0 bridgehead atoms. The largest absolute Gasteiger partial charge is 0.265 e. The van der Waals surface area contributed by atoms with Gasteiger partial charge in [0.2, 0.25) is 0 Å². The fraction of sp³-hybridized carbons (Fsp3) is 0.465. The Morgan fingerprint density at radius 3 is 0.960 bits per heavy atom. The molecule has 0 atom stereocenters. The van der Waals surface area contributed by atoms with Crippen LogP contribution in [0.2, 0.25) is 0 Å². The van der Waals surface area contributed by atoms with E-state index in [0.29, 0.717) is 0 Å². The van der Waals surface area contributed by atoms with Crippen molar-refractivity contribution in [2.24, 2.45) is 0 Å². The van der Waals surface area contributed by atoms with Gasteiger partial charge in [-0.25, -0.2) is 19.9 Å². The van der Waals surface area contributed by atoms with Gasteiger partial charge in [0, 0.05) is 76.7 Å². The molecule has 0 amide bonds. The average molecular weight is 678 g/mol. The van der Waals surface area contributed by atoms with E-state index in [0.717, 1.165) is 17.1 Å². The molecule has 50 heavy (non-hydrogen) atoms. The van der Waals surface area contributed by atoms with Crippen molar-refractivity contribution in [1.29, 1.82) is 0 Å². The van der Waals surface area contributed by atoms with Crippen molar-refractivity contribution >= 4 is 0 Å². The van der Waals surface area contributed by atoms with Crippen LogP contribution in [0.5, 0.6) is 0 Å². The van der Waals surface area contributed by atoms with Gasteiger partial charge in [0.1, 0.15) is 12.7 Å². The first-order valence-corrected chi connectivity index (χ1v) is 17.3. The summed E-state index contributed by atoms with van der Waals surface area (Å²) in [6, 6.07) is 18.1. The first-order valence-electron chi connectivity index (χ1n) is 17.3. The standard InChI is InChI=1S/3C9H13N.2C8H12N2/c1-9(2,3)8-4-6-10-7-5-8;2*1-9(2,3)8-6-4-5-7-10-8;1-8(2,3)7-4-9-6-10-5-7;1-8(2,3)7-4-5-9-6-10-7/h3*4-7H,1-3H3;2*4-6H,1-3H3. The summed E-state index contributed by atoms with van der Waals surface area (Å²) < 4.78 is 0. The third-order valence-electron chi connectivity index (χ3n) is 7.19. The molecule has 0 radical (unpaired) electrons. The Kier molecular flexibility index (Phi) is 17.2. The fourth-order valence-electron chi connectivity index (χ4n) is 3.89. The van der Waals surface area contributed by atoms with E-state index in [1.54, 1.807) is 18.9 Å². The van der Waals surface area contributed by atoms with E-state index in [2.05, 4.69) is 163 Å². The van der Waals surface area contributed by atoms with Gasteiger partial charge in [0.15, 0.2) is 0 Å². The molecule has 270 valence electrons. The van der Waals surface area contributed by atoms with E-state index in [1.165, 1.54) is 11.1 Å². The molecule has 7 nitrogen and oxygen atoms in total. The Balaban J connectivity index is 0.000000312. The molecule has 0 N–H and O–H groups in total. The molecule has 0 saturated carbocycles. The van der Waals surface area contributed by atoms with Crippen molar-refractivity contribution in [3.63, 3.8) is 0 Å². The summed E-state index contributed by atoms with van der Waals surface area (Å²) in [5.74, 6) is 0. The van der Waals surface area contributed by atoms with Gasteiger partial charge >= 0.3 is 0 Å². The van der Waals surface area contributed by atoms with E-state index < -0.39 is 0 Å². The van der Waals surface area contributed by atoms with Gasteiger partial charge < -0.3 is 0 Å². The number of hydrogen-bond acceptors (Lipinski definition) is 7. The van der Waals surface area contributed by atoms with E-state index in [1.807, 2.05) is 67.5 Å². The Bertz CT molecular complexity index is 1270. The van der Waals surface area contributed by atoms with Crippen LogP contribution in [-0.2, 0) is 27.1 Å². The molecule has 5 rings (SSSR count). The van der Waals surface area contributed by atoms with Crippen LogP contribution in [0.25, 0.3) is 0 Å². The average Bonchev–Trinajstić information content (AvgIpc) is 3.06. The minimum atomic E-state index is 0.142. The van der Waals surface area contributed by atoms with Gasteiger partial charge in [-0.1, -0.05) is 116 Å². The Morgan fingerprint density at radius 2 is 0.720 bits per heavy atom. The molecule has 5 heterocycles. The molecule has 0 aliphatic rings. The van der Waals surface area contributed by atoms with Crippen molar-refractivity contribution in [3.8, 4) is 0 Å². The second-order valence-electron chi connectivity index (χ2n) is 17.1. The molecular weight excluding hydrogens is 615 g/mol. The van der Waals surface area contributed by atoms with Crippen molar-refractivity contribution in [2.75, 3.05) is 0 Å². The van der Waals surface area contributed by atoms with E-state index in [-0.39, 0.29) is 27.1 Å². The summed E-state index contributed by atoms with van der Waals surface area (Å²) in [5.41, 5.74) is 6.82. The van der Waals surface area contributed by atoms with Crippen LogP contribution >= 0.6 is 0 Å². The highest BCUT2D eigenvalue weighted by Crippen LogP contribution is 2.21. The monoisotopic (exact) mass is 678 g/mol. The van der Waals surface area contributed by atoms with Crippen LogP contribution in [-0.4, -0.2) is 34.9 Å². The summed E-state index contributed by atoms with van der Waals surface area (Å²) in [7, 11) is 0. The lowest BCUT2D eigenvalue weighted by Gasteiger charge is -2.17. The van der Waals surface area contributed by atoms with Crippen molar-refractivity contribution in [1.82, 2.24) is 34.9 Å². The number of nitrogens with zero attached hydrogens (tertiary/aromatic N) is 7.